The van der Waals surface area contributed by atoms with Gasteiger partial charge in [-0.1, -0.05) is 12.1 Å². The number of urea groups is 1. The van der Waals surface area contributed by atoms with Crippen molar-refractivity contribution in [2.24, 2.45) is 13.0 Å². The number of nitrogens with zero attached hydrogens (tertiary/aromatic N) is 4. The van der Waals surface area contributed by atoms with E-state index in [-0.39, 0.29) is 11.9 Å². The monoisotopic (exact) mass is 365 g/mol. The third-order valence-electron chi connectivity index (χ3n) is 5.25. The third-order valence-corrected chi connectivity index (χ3v) is 5.25. The number of aryl methyl sites for hydroxylation is 1. The Morgan fingerprint density at radius 3 is 2.78 bits per heavy atom. The molecule has 3 aromatic rings. The topological polar surface area (TPSA) is 83.3 Å². The number of hydrogen-bond acceptors (Lipinski definition) is 4. The molecule has 3 heterocycles. The molecule has 2 N–H and O–H groups in total. The summed E-state index contributed by atoms with van der Waals surface area (Å²) >= 11 is 0. The molecule has 1 aromatic carbocycles. The molecule has 1 aliphatic rings. The maximum absolute atomic E-state index is 12.6. The lowest BCUT2D eigenvalue weighted by Gasteiger charge is -2.34. The highest BCUT2D eigenvalue weighted by molar-refractivity contribution is 5.92. The van der Waals surface area contributed by atoms with Crippen LogP contribution in [-0.4, -0.2) is 43.7 Å². The molecule has 0 unspecified atom stereocenters. The Labute approximate surface area is 157 Å². The summed E-state index contributed by atoms with van der Waals surface area (Å²) in [6.07, 6.45) is 6.17. The van der Waals surface area contributed by atoms with Crippen LogP contribution in [0.15, 0.2) is 48.9 Å². The van der Waals surface area contributed by atoms with Gasteiger partial charge in [0.25, 0.3) is 0 Å². The molecule has 4 rings (SSSR count). The molecule has 0 aliphatic carbocycles. The zero-order valence-electron chi connectivity index (χ0n) is 15.2. The van der Waals surface area contributed by atoms with E-state index in [9.17, 15) is 9.90 Å². The van der Waals surface area contributed by atoms with E-state index in [1.54, 1.807) is 17.3 Å². The Balaban J connectivity index is 1.36. The van der Waals surface area contributed by atoms with E-state index in [2.05, 4.69) is 15.3 Å². The predicted octanol–water partition coefficient (Wildman–Crippen LogP) is 2.95. The van der Waals surface area contributed by atoms with Gasteiger partial charge < -0.3 is 19.9 Å². The van der Waals surface area contributed by atoms with Crippen LogP contribution in [-0.2, 0) is 7.05 Å². The first kappa shape index (κ1) is 17.5. The van der Waals surface area contributed by atoms with E-state index in [0.717, 1.165) is 29.4 Å². The lowest BCUT2D eigenvalue weighted by atomic mass is 9.91. The molecule has 1 aliphatic heterocycles. The second kappa shape index (κ2) is 7.36. The van der Waals surface area contributed by atoms with Gasteiger partial charge in [-0.3, -0.25) is 4.98 Å². The number of anilines is 1. The summed E-state index contributed by atoms with van der Waals surface area (Å²) in [5, 5.41) is 14.6. The van der Waals surface area contributed by atoms with Gasteiger partial charge in [-0.2, -0.15) is 0 Å². The minimum atomic E-state index is -0.596. The Morgan fingerprint density at radius 2 is 2.04 bits per heavy atom. The number of likely N-dealkylation sites (tertiary alicyclic amines) is 1. The molecule has 7 heteroatoms. The van der Waals surface area contributed by atoms with Gasteiger partial charge in [0.2, 0.25) is 0 Å². The van der Waals surface area contributed by atoms with Gasteiger partial charge in [-0.15, -0.1) is 0 Å². The lowest BCUT2D eigenvalue weighted by molar-refractivity contribution is 0.0600. The van der Waals surface area contributed by atoms with Crippen molar-refractivity contribution in [1.29, 1.82) is 0 Å². The fourth-order valence-electron chi connectivity index (χ4n) is 3.64. The van der Waals surface area contributed by atoms with Gasteiger partial charge in [0, 0.05) is 49.8 Å². The second-order valence-corrected chi connectivity index (χ2v) is 7.01. The SMILES string of the molecule is Cn1ccnc1[C@H](O)C1CCN(C(=O)Nc2ccc3cccnc3c2)CC1. The normalized spacial score (nSPS) is 16.4. The number of benzene rings is 1. The van der Waals surface area contributed by atoms with Crippen molar-refractivity contribution in [1.82, 2.24) is 19.4 Å². The number of aliphatic hydroxyl groups is 1. The number of piperidine rings is 1. The number of imidazole rings is 1. The number of nitrogens with one attached hydrogen (secondary N) is 1. The molecule has 1 atom stereocenters. The van der Waals surface area contributed by atoms with E-state index in [1.807, 2.05) is 48.1 Å². The number of carbonyl (C=O) groups is 1. The Morgan fingerprint density at radius 1 is 1.22 bits per heavy atom. The van der Waals surface area contributed by atoms with E-state index >= 15 is 0 Å². The molecule has 7 nitrogen and oxygen atoms in total. The maximum Gasteiger partial charge on any atom is 0.321 e. The minimum absolute atomic E-state index is 0.111. The smallest absolute Gasteiger partial charge is 0.321 e. The summed E-state index contributed by atoms with van der Waals surface area (Å²) in [5.74, 6) is 0.793. The Kier molecular flexibility index (Phi) is 4.77. The van der Waals surface area contributed by atoms with Crippen LogP contribution >= 0.6 is 0 Å². The van der Waals surface area contributed by atoms with E-state index < -0.39 is 6.10 Å². The van der Waals surface area contributed by atoms with Crippen molar-refractivity contribution in [3.05, 3.63) is 54.7 Å². The van der Waals surface area contributed by atoms with Crippen molar-refractivity contribution in [3.8, 4) is 0 Å². The number of carbonyl (C=O) groups excluding carboxylic acids is 1. The van der Waals surface area contributed by atoms with Crippen molar-refractivity contribution < 1.29 is 9.90 Å². The summed E-state index contributed by atoms with van der Waals surface area (Å²) < 4.78 is 1.84. The summed E-state index contributed by atoms with van der Waals surface area (Å²) in [5.41, 5.74) is 1.59. The quantitative estimate of drug-likeness (QED) is 0.747. The molecule has 2 amide bonds. The molecular formula is C20H23N5O2. The Bertz CT molecular complexity index is 946. The highest BCUT2D eigenvalue weighted by atomic mass is 16.3. The van der Waals surface area contributed by atoms with Crippen molar-refractivity contribution in [2.45, 2.75) is 18.9 Å². The zero-order chi connectivity index (χ0) is 18.8. The number of aliphatic hydroxyl groups excluding tert-OH is 1. The van der Waals surface area contributed by atoms with Crippen molar-refractivity contribution in [3.63, 3.8) is 0 Å². The number of hydrogen-bond donors (Lipinski definition) is 2. The predicted molar refractivity (Wildman–Crippen MR) is 103 cm³/mol. The molecule has 1 fully saturated rings. The summed E-state index contributed by atoms with van der Waals surface area (Å²) in [7, 11) is 1.88. The largest absolute Gasteiger partial charge is 0.385 e. The zero-order valence-corrected chi connectivity index (χ0v) is 15.2. The minimum Gasteiger partial charge on any atom is -0.385 e. The lowest BCUT2D eigenvalue weighted by Crippen LogP contribution is -2.42. The fourth-order valence-corrected chi connectivity index (χ4v) is 3.64. The Hall–Kier alpha value is -2.93. The molecule has 0 bridgehead atoms. The maximum atomic E-state index is 12.6. The van der Waals surface area contributed by atoms with Gasteiger partial charge >= 0.3 is 6.03 Å². The van der Waals surface area contributed by atoms with E-state index in [0.29, 0.717) is 18.9 Å². The van der Waals surface area contributed by atoms with Gasteiger partial charge in [-0.25, -0.2) is 9.78 Å². The van der Waals surface area contributed by atoms with Crippen LogP contribution in [0.5, 0.6) is 0 Å². The number of fused-ring (bicyclic) bond motifs is 1. The summed E-state index contributed by atoms with van der Waals surface area (Å²) in [6.45, 7) is 1.23. The highest BCUT2D eigenvalue weighted by Gasteiger charge is 2.30. The molecule has 1 saturated heterocycles. The summed E-state index contributed by atoms with van der Waals surface area (Å²) in [4.78, 5) is 22.9. The highest BCUT2D eigenvalue weighted by Crippen LogP contribution is 2.30. The van der Waals surface area contributed by atoms with Gasteiger partial charge in [0.05, 0.1) is 5.52 Å². The molecule has 140 valence electrons. The number of amides is 2. The van der Waals surface area contributed by atoms with Crippen molar-refractivity contribution >= 4 is 22.6 Å². The first-order valence-electron chi connectivity index (χ1n) is 9.18. The van der Waals surface area contributed by atoms with Crippen LogP contribution in [0, 0.1) is 5.92 Å². The van der Waals surface area contributed by atoms with Crippen LogP contribution in [0.1, 0.15) is 24.8 Å². The van der Waals surface area contributed by atoms with Crippen molar-refractivity contribution in [2.75, 3.05) is 18.4 Å². The molecule has 27 heavy (non-hydrogen) atoms. The van der Waals surface area contributed by atoms with Gasteiger partial charge in [-0.05, 0) is 37.0 Å². The average Bonchev–Trinajstić information content (AvgIpc) is 3.13. The summed E-state index contributed by atoms with van der Waals surface area (Å²) in [6, 6.07) is 9.49. The first-order chi connectivity index (χ1) is 13.1. The van der Waals surface area contributed by atoms with E-state index in [1.165, 1.54) is 0 Å². The van der Waals surface area contributed by atoms with E-state index in [4.69, 9.17) is 0 Å². The standard InChI is InChI=1S/C20H23N5O2/c1-24-12-9-22-19(24)18(26)15-6-10-25(11-7-15)20(27)23-16-5-4-14-3-2-8-21-17(14)13-16/h2-5,8-9,12-13,15,18,26H,6-7,10-11H2,1H3,(H,23,27)/t18-/m1/s1. The second-order valence-electron chi connectivity index (χ2n) is 7.01. The average molecular weight is 365 g/mol. The van der Waals surface area contributed by atoms with Gasteiger partial charge in [0.1, 0.15) is 11.9 Å². The number of rotatable bonds is 3. The van der Waals surface area contributed by atoms with Crippen LogP contribution < -0.4 is 5.32 Å². The molecule has 0 saturated carbocycles. The van der Waals surface area contributed by atoms with Crippen LogP contribution in [0.4, 0.5) is 10.5 Å². The fraction of sp³-hybridized carbons (Fsp3) is 0.350. The molecule has 2 aromatic heterocycles. The molecule has 0 radical (unpaired) electrons. The van der Waals surface area contributed by atoms with Crippen LogP contribution in [0.3, 0.4) is 0 Å². The van der Waals surface area contributed by atoms with Crippen LogP contribution in [0.25, 0.3) is 10.9 Å². The third kappa shape index (κ3) is 3.64. The van der Waals surface area contributed by atoms with Gasteiger partial charge in [0.15, 0.2) is 0 Å². The van der Waals surface area contributed by atoms with Crippen LogP contribution in [0.2, 0.25) is 0 Å². The number of pyridine rings is 1. The molecular weight excluding hydrogens is 342 g/mol. The number of aromatic nitrogens is 3. The first-order valence-corrected chi connectivity index (χ1v) is 9.18. The molecule has 0 spiro atoms.